The summed E-state index contributed by atoms with van der Waals surface area (Å²) < 4.78 is 0. The zero-order valence-corrected chi connectivity index (χ0v) is 18.5. The van der Waals surface area contributed by atoms with Gasteiger partial charge in [0.15, 0.2) is 0 Å². The Morgan fingerprint density at radius 1 is 0.968 bits per heavy atom. The van der Waals surface area contributed by atoms with Gasteiger partial charge in [-0.15, -0.1) is 0 Å². The number of piperidine rings is 1. The Labute approximate surface area is 187 Å². The third-order valence-electron chi connectivity index (χ3n) is 5.89. The van der Waals surface area contributed by atoms with Gasteiger partial charge in [0.1, 0.15) is 6.04 Å². The number of carbonyl (C=O) groups excluding carboxylic acids is 3. The van der Waals surface area contributed by atoms with E-state index in [9.17, 15) is 14.4 Å². The topological polar surface area (TPSA) is 69.7 Å². The lowest BCUT2D eigenvalue weighted by Gasteiger charge is -2.31. The molecule has 3 amide bonds. The quantitative estimate of drug-likeness (QED) is 0.662. The average Bonchev–Trinajstić information content (AvgIpc) is 3.06. The van der Waals surface area contributed by atoms with Crippen molar-refractivity contribution in [3.05, 3.63) is 59.7 Å². The number of thioether (sulfide) groups is 1. The van der Waals surface area contributed by atoms with E-state index in [1.165, 1.54) is 6.42 Å². The van der Waals surface area contributed by atoms with Crippen LogP contribution in [0.1, 0.15) is 46.4 Å². The summed E-state index contributed by atoms with van der Waals surface area (Å²) in [6.07, 6.45) is 5.84. The van der Waals surface area contributed by atoms with Crippen LogP contribution < -0.4 is 10.2 Å². The number of nitrogens with one attached hydrogen (secondary N) is 1. The first-order chi connectivity index (χ1) is 15.1. The normalized spacial score (nSPS) is 16.9. The van der Waals surface area contributed by atoms with E-state index in [1.807, 2.05) is 30.5 Å². The summed E-state index contributed by atoms with van der Waals surface area (Å²) >= 11 is 1.59. The number of benzene rings is 2. The molecule has 2 aliphatic rings. The van der Waals surface area contributed by atoms with Gasteiger partial charge < -0.3 is 10.2 Å². The summed E-state index contributed by atoms with van der Waals surface area (Å²) in [5.41, 5.74) is 2.44. The van der Waals surface area contributed by atoms with E-state index in [-0.39, 0.29) is 5.91 Å². The van der Waals surface area contributed by atoms with Crippen molar-refractivity contribution in [3.8, 4) is 0 Å². The number of hydrogen-bond donors (Lipinski definition) is 1. The Morgan fingerprint density at radius 3 is 2.23 bits per heavy atom. The third-order valence-corrected chi connectivity index (χ3v) is 6.54. The number of nitrogens with zero attached hydrogens (tertiary/aromatic N) is 2. The number of carbonyl (C=O) groups is 3. The van der Waals surface area contributed by atoms with Gasteiger partial charge in [0.25, 0.3) is 11.8 Å². The molecule has 1 N–H and O–H groups in total. The van der Waals surface area contributed by atoms with E-state index >= 15 is 0 Å². The molecule has 162 valence electrons. The van der Waals surface area contributed by atoms with Gasteiger partial charge in [-0.3, -0.25) is 19.3 Å². The molecule has 0 saturated carbocycles. The fraction of sp³-hybridized carbons (Fsp3) is 0.375. The van der Waals surface area contributed by atoms with Gasteiger partial charge in [-0.25, -0.2) is 0 Å². The van der Waals surface area contributed by atoms with Crippen LogP contribution in [0.5, 0.6) is 0 Å². The number of imide groups is 1. The van der Waals surface area contributed by atoms with Crippen LogP contribution in [-0.4, -0.2) is 53.8 Å². The lowest BCUT2D eigenvalue weighted by atomic mass is 10.1. The Morgan fingerprint density at radius 2 is 1.58 bits per heavy atom. The molecular weight excluding hydrogens is 410 g/mol. The van der Waals surface area contributed by atoms with Crippen LogP contribution >= 0.6 is 11.8 Å². The van der Waals surface area contributed by atoms with E-state index in [2.05, 4.69) is 10.2 Å². The van der Waals surface area contributed by atoms with Crippen molar-refractivity contribution in [1.82, 2.24) is 4.90 Å². The van der Waals surface area contributed by atoms with Gasteiger partial charge in [0.2, 0.25) is 5.91 Å². The third kappa shape index (κ3) is 4.32. The van der Waals surface area contributed by atoms with Crippen molar-refractivity contribution >= 4 is 40.9 Å². The van der Waals surface area contributed by atoms with Crippen LogP contribution in [-0.2, 0) is 4.79 Å². The highest BCUT2D eigenvalue weighted by Crippen LogP contribution is 2.30. The molecule has 4 rings (SSSR count). The maximum absolute atomic E-state index is 13.4. The molecule has 1 fully saturated rings. The predicted molar refractivity (Wildman–Crippen MR) is 125 cm³/mol. The van der Waals surface area contributed by atoms with Crippen molar-refractivity contribution in [2.45, 2.75) is 31.7 Å². The Balaban J connectivity index is 1.59. The first-order valence-corrected chi connectivity index (χ1v) is 12.1. The molecule has 2 heterocycles. The molecule has 0 bridgehead atoms. The van der Waals surface area contributed by atoms with Crippen molar-refractivity contribution in [2.75, 3.05) is 35.3 Å². The molecule has 0 aliphatic carbocycles. The minimum atomic E-state index is -0.853. The van der Waals surface area contributed by atoms with Crippen molar-refractivity contribution < 1.29 is 14.4 Å². The van der Waals surface area contributed by atoms with Crippen LogP contribution in [0.4, 0.5) is 11.4 Å². The molecular formula is C24H27N3O3S. The van der Waals surface area contributed by atoms with E-state index in [1.54, 1.807) is 36.0 Å². The number of fused-ring (bicyclic) bond motifs is 1. The van der Waals surface area contributed by atoms with Gasteiger partial charge in [0, 0.05) is 13.1 Å². The van der Waals surface area contributed by atoms with E-state index in [0.29, 0.717) is 23.3 Å². The van der Waals surface area contributed by atoms with Gasteiger partial charge in [-0.2, -0.15) is 11.8 Å². The zero-order chi connectivity index (χ0) is 21.8. The smallest absolute Gasteiger partial charge is 0.262 e. The van der Waals surface area contributed by atoms with Crippen molar-refractivity contribution in [3.63, 3.8) is 0 Å². The van der Waals surface area contributed by atoms with Gasteiger partial charge >= 0.3 is 0 Å². The van der Waals surface area contributed by atoms with Crippen molar-refractivity contribution in [2.24, 2.45) is 0 Å². The van der Waals surface area contributed by atoms with Crippen LogP contribution in [0.2, 0.25) is 0 Å². The van der Waals surface area contributed by atoms with Crippen LogP contribution in [0, 0.1) is 0 Å². The number of hydrogen-bond acceptors (Lipinski definition) is 5. The molecule has 1 atom stereocenters. The van der Waals surface area contributed by atoms with Crippen LogP contribution in [0.15, 0.2) is 48.5 Å². The Bertz CT molecular complexity index is 953. The number of rotatable bonds is 7. The highest BCUT2D eigenvalue weighted by atomic mass is 32.2. The lowest BCUT2D eigenvalue weighted by molar-refractivity contribution is -0.120. The fourth-order valence-corrected chi connectivity index (χ4v) is 4.76. The van der Waals surface area contributed by atoms with Gasteiger partial charge in [-0.1, -0.05) is 24.3 Å². The second-order valence-corrected chi connectivity index (χ2v) is 8.86. The molecule has 1 saturated heterocycles. The second-order valence-electron chi connectivity index (χ2n) is 7.88. The maximum Gasteiger partial charge on any atom is 0.262 e. The molecule has 31 heavy (non-hydrogen) atoms. The minimum Gasteiger partial charge on any atom is -0.370 e. The summed E-state index contributed by atoms with van der Waals surface area (Å²) in [6, 6.07) is 13.7. The van der Waals surface area contributed by atoms with E-state index in [0.717, 1.165) is 42.2 Å². The first kappa shape index (κ1) is 21.4. The molecule has 7 heteroatoms. The highest BCUT2D eigenvalue weighted by Gasteiger charge is 2.42. The zero-order valence-electron chi connectivity index (χ0n) is 17.7. The monoisotopic (exact) mass is 437 g/mol. The summed E-state index contributed by atoms with van der Waals surface area (Å²) in [7, 11) is 0. The van der Waals surface area contributed by atoms with Gasteiger partial charge in [-0.05, 0) is 62.0 Å². The Kier molecular flexibility index (Phi) is 6.61. The number of amides is 3. The maximum atomic E-state index is 13.4. The first-order valence-electron chi connectivity index (χ1n) is 10.7. The summed E-state index contributed by atoms with van der Waals surface area (Å²) in [5.74, 6) is -0.454. The molecule has 2 aromatic rings. The van der Waals surface area contributed by atoms with E-state index in [4.69, 9.17) is 0 Å². The minimum absolute atomic E-state index is 0.326. The number of para-hydroxylation sites is 2. The molecule has 2 aromatic carbocycles. The van der Waals surface area contributed by atoms with E-state index < -0.39 is 17.9 Å². The molecule has 0 radical (unpaired) electrons. The SMILES string of the molecule is CSCC[C@@H](C(=O)Nc1ccccc1N1CCCCC1)N1C(=O)c2ccccc2C1=O. The van der Waals surface area contributed by atoms with Crippen LogP contribution in [0.3, 0.4) is 0 Å². The highest BCUT2D eigenvalue weighted by molar-refractivity contribution is 7.98. The summed E-state index contributed by atoms with van der Waals surface area (Å²) in [5, 5.41) is 3.03. The molecule has 2 aliphatic heterocycles. The standard InChI is InChI=1S/C24H27N3O3S/c1-31-16-13-21(27-23(29)17-9-3-4-10-18(17)24(27)30)22(28)25-19-11-5-6-12-20(19)26-14-7-2-8-15-26/h3-6,9-12,21H,2,7-8,13-16H2,1H3,(H,25,28)/t21-/m0/s1. The predicted octanol–water partition coefficient (Wildman–Crippen LogP) is 4.03. The largest absolute Gasteiger partial charge is 0.370 e. The fourth-order valence-electron chi connectivity index (χ4n) is 4.30. The van der Waals surface area contributed by atoms with Crippen LogP contribution in [0.25, 0.3) is 0 Å². The summed E-state index contributed by atoms with van der Waals surface area (Å²) in [4.78, 5) is 42.8. The molecule has 0 spiro atoms. The average molecular weight is 438 g/mol. The van der Waals surface area contributed by atoms with Crippen molar-refractivity contribution in [1.29, 1.82) is 0 Å². The second kappa shape index (κ2) is 9.56. The lowest BCUT2D eigenvalue weighted by Crippen LogP contribution is -2.47. The van der Waals surface area contributed by atoms with Gasteiger partial charge in [0.05, 0.1) is 22.5 Å². The number of anilines is 2. The molecule has 6 nitrogen and oxygen atoms in total. The Hall–Kier alpha value is -2.80. The summed E-state index contributed by atoms with van der Waals surface area (Å²) in [6.45, 7) is 1.92. The molecule has 0 aromatic heterocycles. The molecule has 0 unspecified atom stereocenters.